The number of carbonyl (C=O) groups excluding carboxylic acids is 1. The van der Waals surface area contributed by atoms with E-state index in [1.807, 2.05) is 29.3 Å². The SMILES string of the molecule is Cc1noc(C)c1C(=O)N1CC(n2c(C)cnc2-c2ccccc2)C1. The summed E-state index contributed by atoms with van der Waals surface area (Å²) in [6, 6.07) is 10.4. The lowest BCUT2D eigenvalue weighted by atomic mass is 10.0. The minimum Gasteiger partial charge on any atom is -0.361 e. The van der Waals surface area contributed by atoms with Crippen LogP contribution in [0.1, 0.15) is 33.5 Å². The first-order valence-corrected chi connectivity index (χ1v) is 8.37. The van der Waals surface area contributed by atoms with Crippen molar-refractivity contribution in [1.82, 2.24) is 19.6 Å². The molecular weight excluding hydrogens is 316 g/mol. The lowest BCUT2D eigenvalue weighted by Gasteiger charge is -2.41. The second-order valence-electron chi connectivity index (χ2n) is 6.52. The Hall–Kier alpha value is -2.89. The average Bonchev–Trinajstić information content (AvgIpc) is 3.10. The Morgan fingerprint density at radius 1 is 1.16 bits per heavy atom. The Balaban J connectivity index is 1.56. The highest BCUT2D eigenvalue weighted by molar-refractivity contribution is 5.96. The summed E-state index contributed by atoms with van der Waals surface area (Å²) in [5, 5.41) is 3.88. The molecule has 3 aromatic rings. The number of nitrogens with zero attached hydrogens (tertiary/aromatic N) is 4. The van der Waals surface area contributed by atoms with E-state index >= 15 is 0 Å². The summed E-state index contributed by atoms with van der Waals surface area (Å²) >= 11 is 0. The van der Waals surface area contributed by atoms with Crippen molar-refractivity contribution >= 4 is 5.91 Å². The molecule has 1 aliphatic heterocycles. The van der Waals surface area contributed by atoms with Gasteiger partial charge in [0.2, 0.25) is 0 Å². The molecule has 128 valence electrons. The molecule has 0 unspecified atom stereocenters. The van der Waals surface area contributed by atoms with Crippen LogP contribution in [0, 0.1) is 20.8 Å². The van der Waals surface area contributed by atoms with Gasteiger partial charge in [0.15, 0.2) is 0 Å². The van der Waals surface area contributed by atoms with E-state index in [1.165, 1.54) is 0 Å². The predicted octanol–water partition coefficient (Wildman–Crippen LogP) is 3.16. The van der Waals surface area contributed by atoms with Gasteiger partial charge in [-0.2, -0.15) is 0 Å². The summed E-state index contributed by atoms with van der Waals surface area (Å²) in [5.74, 6) is 1.52. The van der Waals surface area contributed by atoms with Crippen LogP contribution in [0.15, 0.2) is 41.1 Å². The molecule has 1 amide bonds. The van der Waals surface area contributed by atoms with E-state index in [0.717, 1.165) is 17.1 Å². The molecule has 0 spiro atoms. The standard InChI is InChI=1S/C19H20N4O2/c1-12-9-20-18(15-7-5-4-6-8-15)23(12)16-10-22(11-16)19(24)17-13(2)21-25-14(17)3/h4-9,16H,10-11H2,1-3H3. The van der Waals surface area contributed by atoms with Gasteiger partial charge < -0.3 is 14.0 Å². The first kappa shape index (κ1) is 15.6. The number of hydrogen-bond acceptors (Lipinski definition) is 4. The molecular formula is C19H20N4O2. The Bertz CT molecular complexity index is 901. The van der Waals surface area contributed by atoms with Crippen LogP contribution in [0.4, 0.5) is 0 Å². The lowest BCUT2D eigenvalue weighted by Crippen LogP contribution is -2.51. The molecule has 0 atom stereocenters. The fourth-order valence-electron chi connectivity index (χ4n) is 3.44. The van der Waals surface area contributed by atoms with Crippen LogP contribution < -0.4 is 0 Å². The fraction of sp³-hybridized carbons (Fsp3) is 0.316. The van der Waals surface area contributed by atoms with Crippen LogP contribution in [-0.2, 0) is 0 Å². The quantitative estimate of drug-likeness (QED) is 0.737. The van der Waals surface area contributed by atoms with Gasteiger partial charge in [-0.15, -0.1) is 0 Å². The number of aryl methyl sites for hydroxylation is 3. The first-order valence-electron chi connectivity index (χ1n) is 8.37. The summed E-state index contributed by atoms with van der Waals surface area (Å²) in [6.45, 7) is 6.96. The highest BCUT2D eigenvalue weighted by atomic mass is 16.5. The minimum atomic E-state index is -0.00784. The third-order valence-electron chi connectivity index (χ3n) is 4.78. The number of imidazole rings is 1. The molecule has 1 saturated heterocycles. The van der Waals surface area contributed by atoms with Crippen molar-refractivity contribution in [2.45, 2.75) is 26.8 Å². The van der Waals surface area contributed by atoms with Crippen molar-refractivity contribution in [2.24, 2.45) is 0 Å². The Morgan fingerprint density at radius 2 is 1.88 bits per heavy atom. The van der Waals surface area contributed by atoms with Crippen molar-refractivity contribution in [3.63, 3.8) is 0 Å². The number of rotatable bonds is 3. The number of amides is 1. The van der Waals surface area contributed by atoms with Gasteiger partial charge in [-0.25, -0.2) is 4.98 Å². The number of aromatic nitrogens is 3. The Labute approximate surface area is 146 Å². The summed E-state index contributed by atoms with van der Waals surface area (Å²) in [5.41, 5.74) is 3.43. The highest BCUT2D eigenvalue weighted by Gasteiger charge is 2.36. The molecule has 2 aromatic heterocycles. The molecule has 6 nitrogen and oxygen atoms in total. The molecule has 0 N–H and O–H groups in total. The molecule has 6 heteroatoms. The van der Waals surface area contributed by atoms with Crippen LogP contribution >= 0.6 is 0 Å². The largest absolute Gasteiger partial charge is 0.361 e. The molecule has 3 heterocycles. The number of carbonyl (C=O) groups is 1. The van der Waals surface area contributed by atoms with E-state index in [1.54, 1.807) is 13.8 Å². The number of hydrogen-bond donors (Lipinski definition) is 0. The zero-order valence-electron chi connectivity index (χ0n) is 14.6. The maximum absolute atomic E-state index is 12.7. The van der Waals surface area contributed by atoms with Gasteiger partial charge >= 0.3 is 0 Å². The van der Waals surface area contributed by atoms with E-state index in [9.17, 15) is 4.79 Å². The van der Waals surface area contributed by atoms with Crippen molar-refractivity contribution in [2.75, 3.05) is 13.1 Å². The van der Waals surface area contributed by atoms with Gasteiger partial charge in [-0.3, -0.25) is 4.79 Å². The van der Waals surface area contributed by atoms with Gasteiger partial charge in [0.1, 0.15) is 17.1 Å². The number of likely N-dealkylation sites (tertiary alicyclic amines) is 1. The van der Waals surface area contributed by atoms with Gasteiger partial charge in [-0.05, 0) is 20.8 Å². The predicted molar refractivity (Wildman–Crippen MR) is 93.3 cm³/mol. The normalized spacial score (nSPS) is 14.6. The monoisotopic (exact) mass is 336 g/mol. The molecule has 0 aliphatic carbocycles. The highest BCUT2D eigenvalue weighted by Crippen LogP contribution is 2.31. The molecule has 1 aromatic carbocycles. The molecule has 4 rings (SSSR count). The molecule has 1 aliphatic rings. The fourth-order valence-corrected chi connectivity index (χ4v) is 3.44. The summed E-state index contributed by atoms with van der Waals surface area (Å²) < 4.78 is 7.35. The summed E-state index contributed by atoms with van der Waals surface area (Å²) in [6.07, 6.45) is 1.89. The lowest BCUT2D eigenvalue weighted by molar-refractivity contribution is 0.0517. The van der Waals surface area contributed by atoms with Crippen LogP contribution in [0.2, 0.25) is 0 Å². The van der Waals surface area contributed by atoms with Crippen LogP contribution in [-0.4, -0.2) is 38.6 Å². The molecule has 0 bridgehead atoms. The second-order valence-corrected chi connectivity index (χ2v) is 6.52. The zero-order chi connectivity index (χ0) is 17.6. The maximum atomic E-state index is 12.7. The smallest absolute Gasteiger partial charge is 0.259 e. The molecule has 0 radical (unpaired) electrons. The van der Waals surface area contributed by atoms with E-state index in [4.69, 9.17) is 4.52 Å². The minimum absolute atomic E-state index is 0.00784. The van der Waals surface area contributed by atoms with E-state index in [0.29, 0.717) is 30.1 Å². The van der Waals surface area contributed by atoms with Crippen LogP contribution in [0.5, 0.6) is 0 Å². The Morgan fingerprint density at radius 3 is 2.52 bits per heavy atom. The average molecular weight is 336 g/mol. The van der Waals surface area contributed by atoms with Gasteiger partial charge in [0.05, 0.1) is 11.7 Å². The first-order chi connectivity index (χ1) is 12.1. The second kappa shape index (κ2) is 5.88. The summed E-state index contributed by atoms with van der Waals surface area (Å²) in [7, 11) is 0. The van der Waals surface area contributed by atoms with Crippen molar-refractivity contribution in [3.8, 4) is 11.4 Å². The van der Waals surface area contributed by atoms with Crippen LogP contribution in [0.25, 0.3) is 11.4 Å². The van der Waals surface area contributed by atoms with E-state index in [-0.39, 0.29) is 11.9 Å². The maximum Gasteiger partial charge on any atom is 0.259 e. The third-order valence-corrected chi connectivity index (χ3v) is 4.78. The zero-order valence-corrected chi connectivity index (χ0v) is 14.6. The Kier molecular flexibility index (Phi) is 3.67. The van der Waals surface area contributed by atoms with Crippen molar-refractivity contribution in [3.05, 3.63) is 59.2 Å². The van der Waals surface area contributed by atoms with Crippen molar-refractivity contribution in [1.29, 1.82) is 0 Å². The van der Waals surface area contributed by atoms with Gasteiger partial charge in [0, 0.05) is 30.5 Å². The third kappa shape index (κ3) is 2.54. The number of benzene rings is 1. The van der Waals surface area contributed by atoms with Crippen molar-refractivity contribution < 1.29 is 9.32 Å². The topological polar surface area (TPSA) is 64.2 Å². The van der Waals surface area contributed by atoms with Gasteiger partial charge in [0.25, 0.3) is 5.91 Å². The molecule has 0 saturated carbocycles. The molecule has 25 heavy (non-hydrogen) atoms. The van der Waals surface area contributed by atoms with E-state index < -0.39 is 0 Å². The van der Waals surface area contributed by atoms with Gasteiger partial charge in [-0.1, -0.05) is 35.5 Å². The van der Waals surface area contributed by atoms with Crippen LogP contribution in [0.3, 0.4) is 0 Å². The van der Waals surface area contributed by atoms with E-state index in [2.05, 4.69) is 33.8 Å². The molecule has 1 fully saturated rings. The summed E-state index contributed by atoms with van der Waals surface area (Å²) in [4.78, 5) is 19.1.